The molecule has 2 saturated carbocycles. The molecule has 0 amide bonds. The SMILES string of the molecule is CC(C)(C(=O)/C=C(\O)C(C)(C)C1CCCC1)C1CCCC1.CCc1[c-]c(-c2nccc3c2ccc2c(F)cccc23)cc(CC)c1.[Ir]. The molecular weight excluding hydrogens is 762 g/mol. The summed E-state index contributed by atoms with van der Waals surface area (Å²) in [5.74, 6) is 1.20. The number of aromatic nitrogens is 1. The van der Waals surface area contributed by atoms with Gasteiger partial charge in [0.25, 0.3) is 0 Å². The molecule has 3 nitrogen and oxygen atoms in total. The van der Waals surface area contributed by atoms with Crippen LogP contribution in [0, 0.1) is 34.5 Å². The minimum Gasteiger partial charge on any atom is -0.512 e. The number of aliphatic hydroxyl groups excluding tert-OH is 1. The number of ketones is 1. The molecule has 2 aliphatic rings. The summed E-state index contributed by atoms with van der Waals surface area (Å²) in [5.41, 5.74) is 3.80. The Morgan fingerprint density at radius 1 is 0.851 bits per heavy atom. The predicted molar refractivity (Wildman–Crippen MR) is 189 cm³/mol. The third kappa shape index (κ3) is 7.89. The van der Waals surface area contributed by atoms with E-state index in [4.69, 9.17) is 0 Å². The summed E-state index contributed by atoms with van der Waals surface area (Å²) in [6.45, 7) is 12.6. The van der Waals surface area contributed by atoms with Gasteiger partial charge in [0, 0.05) is 48.6 Å². The molecule has 47 heavy (non-hydrogen) atoms. The van der Waals surface area contributed by atoms with Crippen LogP contribution in [0.5, 0.6) is 0 Å². The van der Waals surface area contributed by atoms with Crippen LogP contribution in [0.3, 0.4) is 0 Å². The Hall–Kier alpha value is -2.88. The summed E-state index contributed by atoms with van der Waals surface area (Å²) >= 11 is 0. The topological polar surface area (TPSA) is 50.2 Å². The van der Waals surface area contributed by atoms with Gasteiger partial charge in [0.05, 0.1) is 0 Å². The fraction of sp³-hybridized carbons (Fsp3) is 0.476. The molecule has 2 aliphatic carbocycles. The quantitative estimate of drug-likeness (QED) is 0.0834. The van der Waals surface area contributed by atoms with Gasteiger partial charge in [-0.25, -0.2) is 4.39 Å². The number of halogens is 1. The van der Waals surface area contributed by atoms with Crippen molar-refractivity contribution >= 4 is 27.3 Å². The van der Waals surface area contributed by atoms with Crippen molar-refractivity contribution in [3.63, 3.8) is 0 Å². The van der Waals surface area contributed by atoms with Crippen LogP contribution in [0.4, 0.5) is 4.39 Å². The van der Waals surface area contributed by atoms with Crippen molar-refractivity contribution in [2.24, 2.45) is 22.7 Å². The Kier molecular flexibility index (Phi) is 12.2. The molecule has 1 N–H and O–H groups in total. The van der Waals surface area contributed by atoms with Crippen molar-refractivity contribution in [2.45, 2.75) is 106 Å². The molecule has 1 heterocycles. The van der Waals surface area contributed by atoms with E-state index in [1.807, 2.05) is 24.3 Å². The average Bonchev–Trinajstić information content (AvgIpc) is 3.81. The minimum atomic E-state index is -0.337. The van der Waals surface area contributed by atoms with E-state index in [-0.39, 0.29) is 42.5 Å². The van der Waals surface area contributed by atoms with Gasteiger partial charge in [0.1, 0.15) is 11.6 Å². The molecule has 0 aliphatic heterocycles. The van der Waals surface area contributed by atoms with Crippen LogP contribution < -0.4 is 0 Å². The van der Waals surface area contributed by atoms with Gasteiger partial charge in [-0.3, -0.25) is 4.79 Å². The van der Waals surface area contributed by atoms with E-state index in [0.717, 1.165) is 53.1 Å². The maximum Gasteiger partial charge on any atom is 0.164 e. The second kappa shape index (κ2) is 15.6. The van der Waals surface area contributed by atoms with Gasteiger partial charge in [-0.1, -0.05) is 91.5 Å². The number of hydrogen-bond acceptors (Lipinski definition) is 3. The van der Waals surface area contributed by atoms with Crippen LogP contribution in [0.1, 0.15) is 104 Å². The number of carbonyl (C=O) groups excluding carboxylic acids is 1. The maximum atomic E-state index is 14.1. The van der Waals surface area contributed by atoms with Crippen molar-refractivity contribution in [2.75, 3.05) is 0 Å². The van der Waals surface area contributed by atoms with Crippen LogP contribution in [0.25, 0.3) is 32.8 Å². The number of pyridine rings is 1. The average molecular weight is 813 g/mol. The number of benzene rings is 3. The molecule has 0 saturated heterocycles. The zero-order chi connectivity index (χ0) is 33.1. The number of hydrogen-bond donors (Lipinski definition) is 1. The Bertz CT molecular complexity index is 1710. The number of rotatable bonds is 8. The van der Waals surface area contributed by atoms with Crippen molar-refractivity contribution in [3.8, 4) is 11.3 Å². The van der Waals surface area contributed by atoms with Crippen molar-refractivity contribution in [1.82, 2.24) is 4.98 Å². The molecular formula is C42H51FIrNO2-. The van der Waals surface area contributed by atoms with Crippen molar-refractivity contribution in [1.29, 1.82) is 0 Å². The van der Waals surface area contributed by atoms with Gasteiger partial charge in [0.2, 0.25) is 0 Å². The number of aliphatic hydroxyl groups is 1. The number of nitrogens with zero attached hydrogens (tertiary/aromatic N) is 1. The zero-order valence-corrected chi connectivity index (χ0v) is 31.4. The van der Waals surface area contributed by atoms with E-state index in [9.17, 15) is 14.3 Å². The van der Waals surface area contributed by atoms with E-state index >= 15 is 0 Å². The first-order valence-electron chi connectivity index (χ1n) is 17.4. The summed E-state index contributed by atoms with van der Waals surface area (Å²) in [5, 5.41) is 14.2. The molecule has 4 aromatic rings. The molecule has 0 bridgehead atoms. The van der Waals surface area contributed by atoms with Gasteiger partial charge >= 0.3 is 0 Å². The van der Waals surface area contributed by atoms with Crippen LogP contribution in [0.15, 0.2) is 66.6 Å². The molecule has 1 aromatic heterocycles. The van der Waals surface area contributed by atoms with Crippen LogP contribution >= 0.6 is 0 Å². The normalized spacial score (nSPS) is 16.3. The fourth-order valence-corrected chi connectivity index (χ4v) is 7.62. The summed E-state index contributed by atoms with van der Waals surface area (Å²) in [6.07, 6.45) is 14.9. The summed E-state index contributed by atoms with van der Waals surface area (Å²) in [7, 11) is 0. The van der Waals surface area contributed by atoms with Gasteiger partial charge in [-0.05, 0) is 84.3 Å². The maximum absolute atomic E-state index is 14.1. The standard InChI is InChI=1S/C23H19FN.C19H32O2.Ir/c1-3-15-12-16(4-2)14-17(13-15)23-21-9-8-20-18(6-5-7-22(20)24)19(21)10-11-25-23;1-18(2,14-9-5-6-10-14)16(20)13-17(21)19(3,4)15-11-7-8-12-15;/h5-13H,3-4H2,1-2H3;13-15,20H,5-12H2,1-4H3;/q-1;;/b;16-13-;. The summed E-state index contributed by atoms with van der Waals surface area (Å²) in [4.78, 5) is 17.3. The second-order valence-corrected chi connectivity index (χ2v) is 14.6. The molecule has 253 valence electrons. The first-order valence-corrected chi connectivity index (χ1v) is 17.4. The number of allylic oxidation sites excluding steroid dienone is 2. The van der Waals surface area contributed by atoms with Gasteiger partial charge in [0.15, 0.2) is 5.78 Å². The molecule has 0 spiro atoms. The minimum absolute atomic E-state index is 0. The summed E-state index contributed by atoms with van der Waals surface area (Å²) in [6, 6.07) is 18.9. The molecule has 2 fully saturated rings. The van der Waals surface area contributed by atoms with Gasteiger partial charge in [-0.2, -0.15) is 0 Å². The van der Waals surface area contributed by atoms with Crippen LogP contribution in [-0.2, 0) is 37.7 Å². The Morgan fingerprint density at radius 3 is 2.06 bits per heavy atom. The van der Waals surface area contributed by atoms with Crippen LogP contribution in [-0.4, -0.2) is 15.9 Å². The first-order chi connectivity index (χ1) is 22.0. The largest absolute Gasteiger partial charge is 0.512 e. The third-order valence-corrected chi connectivity index (χ3v) is 11.1. The third-order valence-electron chi connectivity index (χ3n) is 11.1. The van der Waals surface area contributed by atoms with Crippen molar-refractivity contribution < 1.29 is 34.4 Å². The molecule has 1 radical (unpaired) electrons. The Labute approximate surface area is 294 Å². The van der Waals surface area contributed by atoms with E-state index in [1.54, 1.807) is 18.3 Å². The first kappa shape index (κ1) is 36.9. The van der Waals surface area contributed by atoms with Gasteiger partial charge in [-0.15, -0.1) is 34.9 Å². The van der Waals surface area contributed by atoms with E-state index in [0.29, 0.717) is 23.0 Å². The molecule has 6 rings (SSSR count). The number of fused-ring (bicyclic) bond motifs is 3. The molecule has 0 atom stereocenters. The van der Waals surface area contributed by atoms with Crippen LogP contribution in [0.2, 0.25) is 0 Å². The van der Waals surface area contributed by atoms with Gasteiger partial charge < -0.3 is 10.1 Å². The Morgan fingerprint density at radius 2 is 1.45 bits per heavy atom. The van der Waals surface area contributed by atoms with Crippen molar-refractivity contribution in [3.05, 3.63) is 89.6 Å². The van der Waals surface area contributed by atoms with E-state index in [1.165, 1.54) is 55.7 Å². The number of aryl methyl sites for hydroxylation is 2. The summed E-state index contributed by atoms with van der Waals surface area (Å²) < 4.78 is 14.1. The van der Waals surface area contributed by atoms with E-state index < -0.39 is 0 Å². The zero-order valence-electron chi connectivity index (χ0n) is 29.0. The monoisotopic (exact) mass is 813 g/mol. The Balaban J connectivity index is 0.000000212. The predicted octanol–water partition coefficient (Wildman–Crippen LogP) is 11.5. The smallest absolute Gasteiger partial charge is 0.164 e. The fourth-order valence-electron chi connectivity index (χ4n) is 7.62. The molecule has 3 aromatic carbocycles. The molecule has 5 heteroatoms. The molecule has 0 unspecified atom stereocenters. The number of carbonyl (C=O) groups is 1. The second-order valence-electron chi connectivity index (χ2n) is 14.6. The van der Waals surface area contributed by atoms with E-state index in [2.05, 4.69) is 64.7 Å².